The van der Waals surface area contributed by atoms with Crippen LogP contribution in [0.25, 0.3) is 0 Å². The van der Waals surface area contributed by atoms with Crippen LogP contribution in [0.2, 0.25) is 5.02 Å². The van der Waals surface area contributed by atoms with E-state index >= 15 is 0 Å². The maximum absolute atomic E-state index is 13.5. The molecule has 4 rings (SSSR count). The van der Waals surface area contributed by atoms with Gasteiger partial charge >= 0.3 is 11.9 Å². The molecule has 7 atom stereocenters. The van der Waals surface area contributed by atoms with Gasteiger partial charge in [-0.1, -0.05) is 81.8 Å². The number of esters is 2. The van der Waals surface area contributed by atoms with Crippen LogP contribution in [0.5, 0.6) is 5.75 Å². The first-order chi connectivity index (χ1) is 22.0. The fourth-order valence-corrected chi connectivity index (χ4v) is 5.67. The zero-order chi connectivity index (χ0) is 33.4. The second kappa shape index (κ2) is 16.1. The number of methoxy groups -OCH3 is 1. The SMILES string of the molecule is COc1ccc(CC2NC(=O)/C=C/C[C@@H]([C@H](C)[C@@H]3O[C@H]3c3ccccc3)OC(=O)[C@H](CC(C)C)OC(=O)[C@H](C)CNC2=O)cc1Cl. The van der Waals surface area contributed by atoms with E-state index in [0.717, 1.165) is 5.56 Å². The van der Waals surface area contributed by atoms with E-state index in [1.807, 2.05) is 51.1 Å². The summed E-state index contributed by atoms with van der Waals surface area (Å²) in [5.74, 6) is -2.78. The zero-order valence-electron chi connectivity index (χ0n) is 26.9. The molecule has 248 valence electrons. The van der Waals surface area contributed by atoms with Gasteiger partial charge in [0.25, 0.3) is 0 Å². The van der Waals surface area contributed by atoms with E-state index in [1.165, 1.54) is 13.2 Å². The first-order valence-electron chi connectivity index (χ1n) is 15.6. The number of halogens is 1. The number of cyclic esters (lactones) is 2. The van der Waals surface area contributed by atoms with Crippen LogP contribution >= 0.6 is 11.6 Å². The van der Waals surface area contributed by atoms with Crippen molar-refractivity contribution in [2.75, 3.05) is 13.7 Å². The average Bonchev–Trinajstić information content (AvgIpc) is 3.83. The molecule has 1 unspecified atom stereocenters. The summed E-state index contributed by atoms with van der Waals surface area (Å²) in [6.45, 7) is 7.31. The van der Waals surface area contributed by atoms with Gasteiger partial charge < -0.3 is 29.6 Å². The molecule has 2 amide bonds. The van der Waals surface area contributed by atoms with Gasteiger partial charge in [-0.3, -0.25) is 14.4 Å². The molecule has 2 heterocycles. The molecular formula is C35H43ClN2O8. The van der Waals surface area contributed by atoms with Gasteiger partial charge in [-0.15, -0.1) is 0 Å². The van der Waals surface area contributed by atoms with Crippen LogP contribution in [0, 0.1) is 17.8 Å². The fourth-order valence-electron chi connectivity index (χ4n) is 5.39. The highest BCUT2D eigenvalue weighted by atomic mass is 35.5. The first-order valence-corrected chi connectivity index (χ1v) is 16.0. The monoisotopic (exact) mass is 654 g/mol. The van der Waals surface area contributed by atoms with E-state index in [-0.39, 0.29) is 49.9 Å². The molecule has 10 nitrogen and oxygen atoms in total. The molecule has 2 N–H and O–H groups in total. The molecule has 0 radical (unpaired) electrons. The topological polar surface area (TPSA) is 133 Å². The number of nitrogens with one attached hydrogen (secondary N) is 2. The van der Waals surface area contributed by atoms with Gasteiger partial charge in [0, 0.05) is 25.3 Å². The second-order valence-corrected chi connectivity index (χ2v) is 12.7. The van der Waals surface area contributed by atoms with Crippen molar-refractivity contribution in [3.63, 3.8) is 0 Å². The minimum Gasteiger partial charge on any atom is -0.495 e. The van der Waals surface area contributed by atoms with E-state index in [4.69, 9.17) is 30.5 Å². The minimum atomic E-state index is -1.13. The Morgan fingerprint density at radius 2 is 1.74 bits per heavy atom. The predicted molar refractivity (Wildman–Crippen MR) is 172 cm³/mol. The number of hydrogen-bond acceptors (Lipinski definition) is 8. The van der Waals surface area contributed by atoms with Crippen LogP contribution in [-0.4, -0.2) is 61.8 Å². The summed E-state index contributed by atoms with van der Waals surface area (Å²) < 4.78 is 22.9. The molecule has 0 spiro atoms. The highest BCUT2D eigenvalue weighted by molar-refractivity contribution is 6.32. The van der Waals surface area contributed by atoms with Crippen molar-refractivity contribution < 1.29 is 38.1 Å². The van der Waals surface area contributed by atoms with Crippen molar-refractivity contribution in [2.24, 2.45) is 17.8 Å². The Balaban J connectivity index is 1.58. The minimum absolute atomic E-state index is 0.0341. The van der Waals surface area contributed by atoms with Crippen molar-refractivity contribution >= 4 is 35.4 Å². The third kappa shape index (κ3) is 9.56. The fraction of sp³-hybridized carbons (Fsp3) is 0.486. The molecule has 1 fully saturated rings. The van der Waals surface area contributed by atoms with E-state index in [0.29, 0.717) is 16.3 Å². The lowest BCUT2D eigenvalue weighted by molar-refractivity contribution is -0.176. The third-order valence-corrected chi connectivity index (χ3v) is 8.44. The summed E-state index contributed by atoms with van der Waals surface area (Å²) >= 11 is 6.30. The summed E-state index contributed by atoms with van der Waals surface area (Å²) in [5.41, 5.74) is 1.73. The highest BCUT2D eigenvalue weighted by Gasteiger charge is 2.47. The number of ether oxygens (including phenoxy) is 4. The van der Waals surface area contributed by atoms with Crippen LogP contribution in [0.1, 0.15) is 57.8 Å². The molecule has 0 aliphatic carbocycles. The Morgan fingerprint density at radius 3 is 2.41 bits per heavy atom. The largest absolute Gasteiger partial charge is 0.495 e. The van der Waals surface area contributed by atoms with Crippen LogP contribution in [0.15, 0.2) is 60.7 Å². The molecule has 2 aliphatic rings. The summed E-state index contributed by atoms with van der Waals surface area (Å²) in [7, 11) is 1.51. The summed E-state index contributed by atoms with van der Waals surface area (Å²) in [6.07, 6.45) is 1.40. The van der Waals surface area contributed by atoms with Crippen molar-refractivity contribution in [3.8, 4) is 5.75 Å². The lowest BCUT2D eigenvalue weighted by atomic mass is 9.93. The lowest BCUT2D eigenvalue weighted by Crippen LogP contribution is -2.49. The van der Waals surface area contributed by atoms with Crippen molar-refractivity contribution in [1.29, 1.82) is 0 Å². The molecule has 2 aromatic carbocycles. The Bertz CT molecular complexity index is 1410. The van der Waals surface area contributed by atoms with E-state index in [1.54, 1.807) is 31.2 Å². The van der Waals surface area contributed by atoms with Crippen molar-refractivity contribution in [1.82, 2.24) is 10.6 Å². The molecular weight excluding hydrogens is 612 g/mol. The number of rotatable bonds is 8. The molecule has 0 bridgehead atoms. The smallest absolute Gasteiger partial charge is 0.347 e. The van der Waals surface area contributed by atoms with E-state index in [9.17, 15) is 19.2 Å². The van der Waals surface area contributed by atoms with Gasteiger partial charge in [-0.05, 0) is 41.7 Å². The van der Waals surface area contributed by atoms with Crippen LogP contribution in [-0.2, 0) is 39.8 Å². The Labute approximate surface area is 275 Å². The van der Waals surface area contributed by atoms with Gasteiger partial charge in [0.2, 0.25) is 11.8 Å². The van der Waals surface area contributed by atoms with Gasteiger partial charge in [0.1, 0.15) is 24.0 Å². The molecule has 2 aliphatic heterocycles. The normalized spacial score (nSPS) is 27.5. The lowest BCUT2D eigenvalue weighted by Gasteiger charge is -2.27. The second-order valence-electron chi connectivity index (χ2n) is 12.3. The third-order valence-electron chi connectivity index (χ3n) is 8.14. The Kier molecular flexibility index (Phi) is 12.2. The number of hydrogen-bond donors (Lipinski definition) is 2. The first kappa shape index (κ1) is 35.0. The number of benzene rings is 2. The number of carbonyl (C=O) groups excluding carboxylic acids is 4. The van der Waals surface area contributed by atoms with Crippen LogP contribution in [0.4, 0.5) is 0 Å². The number of carbonyl (C=O) groups is 4. The Hall–Kier alpha value is -3.89. The van der Waals surface area contributed by atoms with Gasteiger partial charge in [0.15, 0.2) is 6.10 Å². The molecule has 46 heavy (non-hydrogen) atoms. The van der Waals surface area contributed by atoms with Gasteiger partial charge in [-0.25, -0.2) is 4.79 Å². The molecule has 1 saturated heterocycles. The molecule has 0 aromatic heterocycles. The molecule has 11 heteroatoms. The number of amides is 2. The van der Waals surface area contributed by atoms with E-state index in [2.05, 4.69) is 10.6 Å². The van der Waals surface area contributed by atoms with E-state index < -0.39 is 47.9 Å². The maximum Gasteiger partial charge on any atom is 0.347 e. The summed E-state index contributed by atoms with van der Waals surface area (Å²) in [5, 5.41) is 5.86. The van der Waals surface area contributed by atoms with Gasteiger partial charge in [0.05, 0.1) is 24.2 Å². The summed E-state index contributed by atoms with van der Waals surface area (Å²) in [4.78, 5) is 52.9. The quantitative estimate of drug-likeness (QED) is 0.308. The highest BCUT2D eigenvalue weighted by Crippen LogP contribution is 2.45. The van der Waals surface area contributed by atoms with Crippen molar-refractivity contribution in [3.05, 3.63) is 76.8 Å². The van der Waals surface area contributed by atoms with Gasteiger partial charge in [-0.2, -0.15) is 0 Å². The van der Waals surface area contributed by atoms with Crippen LogP contribution in [0.3, 0.4) is 0 Å². The van der Waals surface area contributed by atoms with Crippen LogP contribution < -0.4 is 15.4 Å². The Morgan fingerprint density at radius 1 is 1.00 bits per heavy atom. The predicted octanol–water partition coefficient (Wildman–Crippen LogP) is 4.73. The number of epoxide rings is 1. The standard InChI is InChI=1S/C35H43ClN2O8/c1-20(2)16-29-35(42)44-27(22(4)31-32(46-31)24-10-7-6-8-11-24)12-9-13-30(39)38-26(33(40)37-19-21(3)34(41)45-29)18-23-14-15-28(43-5)25(36)17-23/h6-11,13-15,17,20-22,26-27,29,31-32H,12,16,18-19H2,1-5H3,(H,37,40)(H,38,39)/b13-9+/t21-,22+,26?,27+,29+,31+,32+/m1/s1. The summed E-state index contributed by atoms with van der Waals surface area (Å²) in [6, 6.07) is 13.9. The molecule has 2 aromatic rings. The maximum atomic E-state index is 13.5. The molecule has 0 saturated carbocycles. The van der Waals surface area contributed by atoms with Crippen molar-refractivity contribution in [2.45, 2.75) is 77.4 Å². The average molecular weight is 655 g/mol. The zero-order valence-corrected chi connectivity index (χ0v) is 27.6.